The normalized spacial score (nSPS) is 10.6. The van der Waals surface area contributed by atoms with Gasteiger partial charge in [-0.1, -0.05) is 23.2 Å². The van der Waals surface area contributed by atoms with Gasteiger partial charge in [-0.2, -0.15) is 0 Å². The Labute approximate surface area is 120 Å². The molecular formula is C12H12Cl2N2OS. The predicted molar refractivity (Wildman–Crippen MR) is 75.7 cm³/mol. The molecule has 0 unspecified atom stereocenters. The minimum atomic E-state index is 0.412. The van der Waals surface area contributed by atoms with Crippen molar-refractivity contribution in [2.45, 2.75) is 13.2 Å². The van der Waals surface area contributed by atoms with Gasteiger partial charge in [0, 0.05) is 16.9 Å². The molecule has 0 saturated heterocycles. The molecule has 6 heteroatoms. The third-order valence-corrected chi connectivity index (χ3v) is 3.60. The quantitative estimate of drug-likeness (QED) is 0.913. The van der Waals surface area contributed by atoms with E-state index in [2.05, 4.69) is 10.3 Å². The lowest BCUT2D eigenvalue weighted by atomic mass is 10.3. The Hall–Kier alpha value is -0.810. The fraction of sp³-hybridized carbons (Fsp3) is 0.250. The average Bonchev–Trinajstić information content (AvgIpc) is 2.76. The van der Waals surface area contributed by atoms with Crippen molar-refractivity contribution in [3.63, 3.8) is 0 Å². The van der Waals surface area contributed by atoms with E-state index in [9.17, 15) is 0 Å². The minimum Gasteiger partial charge on any atom is -0.485 e. The molecule has 3 nitrogen and oxygen atoms in total. The Bertz CT molecular complexity index is 531. The van der Waals surface area contributed by atoms with E-state index in [1.54, 1.807) is 29.5 Å². The number of rotatable bonds is 5. The number of nitrogens with one attached hydrogen (secondary N) is 1. The van der Waals surface area contributed by atoms with Crippen LogP contribution in [0.5, 0.6) is 5.75 Å². The first-order valence-electron chi connectivity index (χ1n) is 5.35. The van der Waals surface area contributed by atoms with Crippen LogP contribution >= 0.6 is 34.5 Å². The van der Waals surface area contributed by atoms with Gasteiger partial charge in [0.25, 0.3) is 0 Å². The largest absolute Gasteiger partial charge is 0.485 e. The molecule has 1 N–H and O–H groups in total. The van der Waals surface area contributed by atoms with Crippen LogP contribution in [0.2, 0.25) is 10.0 Å². The molecular weight excluding hydrogens is 291 g/mol. The minimum absolute atomic E-state index is 0.412. The molecule has 0 spiro atoms. The molecule has 0 aliphatic carbocycles. The van der Waals surface area contributed by atoms with E-state index in [1.807, 2.05) is 12.4 Å². The van der Waals surface area contributed by atoms with Gasteiger partial charge in [-0.15, -0.1) is 11.3 Å². The van der Waals surface area contributed by atoms with Gasteiger partial charge in [-0.25, -0.2) is 4.98 Å². The van der Waals surface area contributed by atoms with Gasteiger partial charge in [-0.3, -0.25) is 0 Å². The first-order valence-corrected chi connectivity index (χ1v) is 6.98. The van der Waals surface area contributed by atoms with Crippen molar-refractivity contribution in [1.29, 1.82) is 0 Å². The molecule has 0 atom stereocenters. The molecule has 18 heavy (non-hydrogen) atoms. The highest BCUT2D eigenvalue weighted by atomic mass is 35.5. The second kappa shape index (κ2) is 6.38. The number of hydrogen-bond acceptors (Lipinski definition) is 4. The van der Waals surface area contributed by atoms with Crippen molar-refractivity contribution in [2.75, 3.05) is 7.05 Å². The molecule has 2 aromatic rings. The number of halogens is 2. The molecule has 0 aliphatic heterocycles. The van der Waals surface area contributed by atoms with Crippen LogP contribution in [-0.2, 0) is 13.2 Å². The zero-order chi connectivity index (χ0) is 13.0. The lowest BCUT2D eigenvalue weighted by Gasteiger charge is -2.06. The highest BCUT2D eigenvalue weighted by Crippen LogP contribution is 2.28. The lowest BCUT2D eigenvalue weighted by molar-refractivity contribution is 0.305. The maximum absolute atomic E-state index is 6.01. The van der Waals surface area contributed by atoms with Crippen LogP contribution < -0.4 is 10.1 Å². The van der Waals surface area contributed by atoms with Gasteiger partial charge < -0.3 is 10.1 Å². The zero-order valence-electron chi connectivity index (χ0n) is 9.74. The number of hydrogen-bond donors (Lipinski definition) is 1. The number of nitrogens with zero attached hydrogens (tertiary/aromatic N) is 1. The van der Waals surface area contributed by atoms with Gasteiger partial charge in [0.15, 0.2) is 0 Å². The molecule has 0 saturated carbocycles. The van der Waals surface area contributed by atoms with E-state index in [0.717, 1.165) is 17.2 Å². The fourth-order valence-corrected chi connectivity index (χ4v) is 2.58. The third-order valence-electron chi connectivity index (χ3n) is 2.20. The molecule has 1 heterocycles. The summed E-state index contributed by atoms with van der Waals surface area (Å²) in [5.41, 5.74) is 1.02. The van der Waals surface area contributed by atoms with Crippen LogP contribution in [0.3, 0.4) is 0 Å². The van der Waals surface area contributed by atoms with E-state index < -0.39 is 0 Å². The average molecular weight is 303 g/mol. The molecule has 1 aromatic carbocycles. The van der Waals surface area contributed by atoms with Crippen molar-refractivity contribution < 1.29 is 4.74 Å². The summed E-state index contributed by atoms with van der Waals surface area (Å²) in [5.74, 6) is 0.617. The molecule has 96 valence electrons. The van der Waals surface area contributed by atoms with Gasteiger partial charge >= 0.3 is 0 Å². The van der Waals surface area contributed by atoms with Crippen LogP contribution in [0.15, 0.2) is 23.6 Å². The van der Waals surface area contributed by atoms with E-state index in [4.69, 9.17) is 27.9 Å². The summed E-state index contributed by atoms with van der Waals surface area (Å²) in [6.45, 7) is 1.17. The maximum Gasteiger partial charge on any atom is 0.140 e. The number of ether oxygens (including phenoxy) is 1. The summed E-state index contributed by atoms with van der Waals surface area (Å²) in [4.78, 5) is 4.42. The molecule has 0 radical (unpaired) electrons. The summed E-state index contributed by atoms with van der Waals surface area (Å²) in [7, 11) is 1.89. The zero-order valence-corrected chi connectivity index (χ0v) is 12.1. The van der Waals surface area contributed by atoms with Crippen LogP contribution in [0.4, 0.5) is 0 Å². The van der Waals surface area contributed by atoms with E-state index in [0.29, 0.717) is 22.4 Å². The lowest BCUT2D eigenvalue weighted by Crippen LogP contribution is -2.05. The Morgan fingerprint density at radius 1 is 1.39 bits per heavy atom. The molecule has 0 bridgehead atoms. The summed E-state index contributed by atoms with van der Waals surface area (Å²) in [6, 6.07) is 5.16. The Morgan fingerprint density at radius 2 is 2.22 bits per heavy atom. The van der Waals surface area contributed by atoms with Gasteiger partial charge in [0.2, 0.25) is 0 Å². The van der Waals surface area contributed by atoms with E-state index >= 15 is 0 Å². The number of benzene rings is 1. The standard InChI is InChI=1S/C12H12Cl2N2OS/c1-15-5-9-7-18-12(16-9)6-17-11-3-2-8(13)4-10(11)14/h2-4,7,15H,5-6H2,1H3. The van der Waals surface area contributed by atoms with Crippen molar-refractivity contribution in [3.05, 3.63) is 44.3 Å². The summed E-state index contributed by atoms with van der Waals surface area (Å²) < 4.78 is 5.61. The summed E-state index contributed by atoms with van der Waals surface area (Å²) >= 11 is 13.4. The van der Waals surface area contributed by atoms with Crippen LogP contribution in [-0.4, -0.2) is 12.0 Å². The van der Waals surface area contributed by atoms with Crippen molar-refractivity contribution in [1.82, 2.24) is 10.3 Å². The van der Waals surface area contributed by atoms with E-state index in [-0.39, 0.29) is 0 Å². The van der Waals surface area contributed by atoms with Crippen molar-refractivity contribution in [2.24, 2.45) is 0 Å². The Kier molecular flexibility index (Phi) is 4.83. The van der Waals surface area contributed by atoms with Crippen LogP contribution in [0.25, 0.3) is 0 Å². The smallest absolute Gasteiger partial charge is 0.140 e. The summed E-state index contributed by atoms with van der Waals surface area (Å²) in [5, 5.41) is 7.09. The van der Waals surface area contributed by atoms with Gasteiger partial charge in [0.05, 0.1) is 10.7 Å². The molecule has 0 aliphatic rings. The molecule has 0 fully saturated rings. The first kappa shape index (κ1) is 13.6. The van der Waals surface area contributed by atoms with Crippen molar-refractivity contribution in [3.8, 4) is 5.75 Å². The Morgan fingerprint density at radius 3 is 2.94 bits per heavy atom. The molecule has 0 amide bonds. The topological polar surface area (TPSA) is 34.1 Å². The highest BCUT2D eigenvalue weighted by molar-refractivity contribution is 7.09. The van der Waals surface area contributed by atoms with Gasteiger partial charge in [0.1, 0.15) is 17.4 Å². The summed E-state index contributed by atoms with van der Waals surface area (Å²) in [6.07, 6.45) is 0. The number of aromatic nitrogens is 1. The molecule has 2 rings (SSSR count). The Balaban J connectivity index is 1.97. The third kappa shape index (κ3) is 3.59. The van der Waals surface area contributed by atoms with Crippen molar-refractivity contribution >= 4 is 34.5 Å². The monoisotopic (exact) mass is 302 g/mol. The second-order valence-electron chi connectivity index (χ2n) is 3.63. The van der Waals surface area contributed by atoms with Crippen LogP contribution in [0.1, 0.15) is 10.7 Å². The number of thiazole rings is 1. The highest BCUT2D eigenvalue weighted by Gasteiger charge is 2.05. The fourth-order valence-electron chi connectivity index (χ4n) is 1.41. The van der Waals surface area contributed by atoms with Crippen LogP contribution in [0, 0.1) is 0 Å². The van der Waals surface area contributed by atoms with E-state index in [1.165, 1.54) is 0 Å². The first-order chi connectivity index (χ1) is 8.69. The molecule has 1 aromatic heterocycles. The second-order valence-corrected chi connectivity index (χ2v) is 5.41. The maximum atomic E-state index is 6.01. The van der Waals surface area contributed by atoms with Gasteiger partial charge in [-0.05, 0) is 25.2 Å². The predicted octanol–water partition coefficient (Wildman–Crippen LogP) is 3.75. The SMILES string of the molecule is CNCc1csc(COc2ccc(Cl)cc2Cl)n1.